The third-order valence-corrected chi connectivity index (χ3v) is 2.29. The summed E-state index contributed by atoms with van der Waals surface area (Å²) in [5.74, 6) is -0.00344. The first kappa shape index (κ1) is 10.8. The molecule has 2 heterocycles. The molecule has 0 saturated carbocycles. The van der Waals surface area contributed by atoms with Crippen molar-refractivity contribution in [2.45, 2.75) is 13.0 Å². The average Bonchev–Trinajstić information content (AvgIpc) is 2.82. The van der Waals surface area contributed by atoms with Crippen LogP contribution in [-0.4, -0.2) is 31.3 Å². The number of carboxylic acid groups (broad SMARTS) is 1. The van der Waals surface area contributed by atoms with Crippen molar-refractivity contribution in [3.8, 4) is 11.6 Å². The fourth-order valence-corrected chi connectivity index (χ4v) is 1.47. The summed E-state index contributed by atoms with van der Waals surface area (Å²) in [6.45, 7) is 0.204. The molecular weight excluding hydrogens is 280 g/mol. The van der Waals surface area contributed by atoms with Crippen molar-refractivity contribution >= 4 is 21.9 Å². The molecule has 1 N–H and O–H groups in total. The molecule has 84 valence electrons. The van der Waals surface area contributed by atoms with Gasteiger partial charge in [0, 0.05) is 0 Å². The molecule has 16 heavy (non-hydrogen) atoms. The van der Waals surface area contributed by atoms with Crippen LogP contribution < -0.4 is 0 Å². The van der Waals surface area contributed by atoms with E-state index in [4.69, 9.17) is 9.52 Å². The van der Waals surface area contributed by atoms with E-state index in [0.29, 0.717) is 16.3 Å². The van der Waals surface area contributed by atoms with E-state index < -0.39 is 5.97 Å². The van der Waals surface area contributed by atoms with Crippen LogP contribution in [0.3, 0.4) is 0 Å². The molecule has 0 radical (unpaired) electrons. The number of carbonyl (C=O) groups is 1. The van der Waals surface area contributed by atoms with Crippen LogP contribution in [0.25, 0.3) is 11.6 Å². The quantitative estimate of drug-likeness (QED) is 0.907. The minimum Gasteiger partial charge on any atom is -0.481 e. The highest BCUT2D eigenvalue weighted by atomic mass is 79.9. The molecule has 0 spiro atoms. The Bertz CT molecular complexity index is 507. The molecule has 0 unspecified atom stereocenters. The summed E-state index contributed by atoms with van der Waals surface area (Å²) >= 11 is 3.17. The van der Waals surface area contributed by atoms with E-state index >= 15 is 0 Å². The molecule has 8 heteroatoms. The Kier molecular flexibility index (Phi) is 3.00. The number of tetrazole rings is 1. The maximum atomic E-state index is 10.4. The van der Waals surface area contributed by atoms with Crippen molar-refractivity contribution in [3.05, 3.63) is 16.8 Å². The summed E-state index contributed by atoms with van der Waals surface area (Å²) in [5.41, 5.74) is 0. The van der Waals surface area contributed by atoms with Crippen LogP contribution in [0.1, 0.15) is 6.42 Å². The fraction of sp³-hybridized carbons (Fsp3) is 0.250. The van der Waals surface area contributed by atoms with Gasteiger partial charge in [0.25, 0.3) is 0 Å². The Labute approximate surface area is 98.2 Å². The van der Waals surface area contributed by atoms with Gasteiger partial charge < -0.3 is 9.52 Å². The zero-order chi connectivity index (χ0) is 11.5. The lowest BCUT2D eigenvalue weighted by atomic mass is 10.4. The number of furan rings is 1. The number of halogens is 1. The number of aliphatic carboxylic acids is 1. The second-order valence-electron chi connectivity index (χ2n) is 2.97. The maximum absolute atomic E-state index is 10.4. The lowest BCUT2D eigenvalue weighted by Gasteiger charge is -1.99. The van der Waals surface area contributed by atoms with E-state index in [1.165, 1.54) is 4.68 Å². The summed E-state index contributed by atoms with van der Waals surface area (Å²) in [5, 5.41) is 19.5. The van der Waals surface area contributed by atoms with Gasteiger partial charge in [0.15, 0.2) is 10.4 Å². The number of aromatic nitrogens is 4. The number of carboxylic acids is 1. The van der Waals surface area contributed by atoms with E-state index in [-0.39, 0.29) is 13.0 Å². The second-order valence-corrected chi connectivity index (χ2v) is 3.75. The predicted molar refractivity (Wildman–Crippen MR) is 55.5 cm³/mol. The molecular formula is C8H7BrN4O3. The topological polar surface area (TPSA) is 94.0 Å². The van der Waals surface area contributed by atoms with Gasteiger partial charge in [-0.2, -0.15) is 0 Å². The van der Waals surface area contributed by atoms with Crippen molar-refractivity contribution < 1.29 is 14.3 Å². The van der Waals surface area contributed by atoms with Crippen LogP contribution in [0, 0.1) is 0 Å². The van der Waals surface area contributed by atoms with Crippen LogP contribution in [-0.2, 0) is 11.3 Å². The van der Waals surface area contributed by atoms with Crippen LogP contribution in [0.4, 0.5) is 0 Å². The Morgan fingerprint density at radius 2 is 2.38 bits per heavy atom. The fourth-order valence-electron chi connectivity index (χ4n) is 1.17. The second kappa shape index (κ2) is 4.44. The SMILES string of the molecule is O=C(O)CCn1nnnc1-c1ccc(Br)o1. The van der Waals surface area contributed by atoms with Gasteiger partial charge >= 0.3 is 5.97 Å². The van der Waals surface area contributed by atoms with Crippen molar-refractivity contribution in [1.82, 2.24) is 20.2 Å². The van der Waals surface area contributed by atoms with Gasteiger partial charge in [-0.15, -0.1) is 5.10 Å². The van der Waals surface area contributed by atoms with Gasteiger partial charge in [0.05, 0.1) is 13.0 Å². The third-order valence-electron chi connectivity index (χ3n) is 1.86. The molecule has 0 aliphatic heterocycles. The molecule has 0 aliphatic rings. The summed E-state index contributed by atoms with van der Waals surface area (Å²) in [6.07, 6.45) is -0.0417. The normalized spacial score (nSPS) is 10.6. The number of rotatable bonds is 4. The first-order valence-electron chi connectivity index (χ1n) is 4.40. The molecule has 7 nitrogen and oxygen atoms in total. The molecule has 0 aromatic carbocycles. The number of hydrogen-bond acceptors (Lipinski definition) is 5. The molecule has 0 aliphatic carbocycles. The minimum absolute atomic E-state index is 0.0417. The molecule has 0 bridgehead atoms. The van der Waals surface area contributed by atoms with E-state index in [1.54, 1.807) is 12.1 Å². The van der Waals surface area contributed by atoms with Crippen molar-refractivity contribution in [2.75, 3.05) is 0 Å². The van der Waals surface area contributed by atoms with E-state index in [0.717, 1.165) is 0 Å². The van der Waals surface area contributed by atoms with Crippen LogP contribution >= 0.6 is 15.9 Å². The van der Waals surface area contributed by atoms with E-state index in [1.807, 2.05) is 0 Å². The van der Waals surface area contributed by atoms with Crippen molar-refractivity contribution in [3.63, 3.8) is 0 Å². The van der Waals surface area contributed by atoms with Gasteiger partial charge in [-0.1, -0.05) is 0 Å². The van der Waals surface area contributed by atoms with Gasteiger partial charge in [-0.3, -0.25) is 4.79 Å². The molecule has 0 fully saturated rings. The largest absolute Gasteiger partial charge is 0.481 e. The summed E-state index contributed by atoms with van der Waals surface area (Å²) in [4.78, 5) is 10.4. The maximum Gasteiger partial charge on any atom is 0.305 e. The van der Waals surface area contributed by atoms with Gasteiger partial charge in [0.1, 0.15) is 0 Å². The lowest BCUT2D eigenvalue weighted by Crippen LogP contribution is -2.07. The average molecular weight is 287 g/mol. The smallest absolute Gasteiger partial charge is 0.305 e. The summed E-state index contributed by atoms with van der Waals surface area (Å²) in [6, 6.07) is 3.42. The van der Waals surface area contributed by atoms with Crippen LogP contribution in [0.15, 0.2) is 21.2 Å². The number of aryl methyl sites for hydroxylation is 1. The Morgan fingerprint density at radius 1 is 1.56 bits per heavy atom. The van der Waals surface area contributed by atoms with Crippen LogP contribution in [0.5, 0.6) is 0 Å². The van der Waals surface area contributed by atoms with Gasteiger partial charge in [-0.05, 0) is 38.5 Å². The van der Waals surface area contributed by atoms with E-state index in [2.05, 4.69) is 31.5 Å². The summed E-state index contributed by atoms with van der Waals surface area (Å²) < 4.78 is 7.23. The van der Waals surface area contributed by atoms with E-state index in [9.17, 15) is 4.79 Å². The predicted octanol–water partition coefficient (Wildman–Crippen LogP) is 1.17. The zero-order valence-electron chi connectivity index (χ0n) is 8.00. The standard InChI is InChI=1S/C8H7BrN4O3/c9-6-2-1-5(16-6)8-10-11-12-13(8)4-3-7(14)15/h1-2H,3-4H2,(H,14,15). The Morgan fingerprint density at radius 3 is 3.00 bits per heavy atom. The third kappa shape index (κ3) is 2.27. The van der Waals surface area contributed by atoms with Crippen molar-refractivity contribution in [2.24, 2.45) is 0 Å². The Balaban J connectivity index is 2.22. The highest BCUT2D eigenvalue weighted by molar-refractivity contribution is 9.10. The van der Waals surface area contributed by atoms with Gasteiger partial charge in [0.2, 0.25) is 5.82 Å². The monoisotopic (exact) mass is 286 g/mol. The minimum atomic E-state index is -0.901. The number of nitrogens with zero attached hydrogens (tertiary/aromatic N) is 4. The lowest BCUT2D eigenvalue weighted by molar-refractivity contribution is -0.137. The highest BCUT2D eigenvalue weighted by Gasteiger charge is 2.13. The molecule has 2 aromatic rings. The first-order chi connectivity index (χ1) is 7.66. The highest BCUT2D eigenvalue weighted by Crippen LogP contribution is 2.22. The molecule has 0 amide bonds. The molecule has 0 atom stereocenters. The molecule has 0 saturated heterocycles. The molecule has 2 aromatic heterocycles. The Hall–Kier alpha value is -1.70. The zero-order valence-corrected chi connectivity index (χ0v) is 9.59. The van der Waals surface area contributed by atoms with Crippen molar-refractivity contribution in [1.29, 1.82) is 0 Å². The number of hydrogen-bond donors (Lipinski definition) is 1. The first-order valence-corrected chi connectivity index (χ1v) is 5.20. The van der Waals surface area contributed by atoms with Gasteiger partial charge in [-0.25, -0.2) is 4.68 Å². The summed E-state index contributed by atoms with van der Waals surface area (Å²) in [7, 11) is 0. The van der Waals surface area contributed by atoms with Crippen LogP contribution in [0.2, 0.25) is 0 Å². The molecule has 2 rings (SSSR count).